The lowest BCUT2D eigenvalue weighted by Crippen LogP contribution is -2.29. The van der Waals surface area contributed by atoms with Crippen molar-refractivity contribution in [2.24, 2.45) is 0 Å². The van der Waals surface area contributed by atoms with Crippen molar-refractivity contribution < 1.29 is 37.3 Å². The second-order valence-electron chi connectivity index (χ2n) is 7.97. The molecule has 1 N–H and O–H groups in total. The van der Waals surface area contributed by atoms with E-state index < -0.39 is 35.2 Å². The molecular weight excluding hydrogens is 554 g/mol. The second kappa shape index (κ2) is 9.92. The van der Waals surface area contributed by atoms with Gasteiger partial charge in [-0.1, -0.05) is 23.2 Å². The fourth-order valence-electron chi connectivity index (χ4n) is 4.11. The van der Waals surface area contributed by atoms with Crippen molar-refractivity contribution in [2.45, 2.75) is 19.1 Å². The van der Waals surface area contributed by atoms with Gasteiger partial charge in [0.05, 0.1) is 35.9 Å². The van der Waals surface area contributed by atoms with Gasteiger partial charge in [-0.3, -0.25) is 14.5 Å². The topological polar surface area (TPSA) is 76.1 Å². The van der Waals surface area contributed by atoms with Crippen LogP contribution in [-0.4, -0.2) is 31.0 Å². The molecule has 0 bridgehead atoms. The van der Waals surface area contributed by atoms with E-state index in [-0.39, 0.29) is 38.4 Å². The van der Waals surface area contributed by atoms with Crippen molar-refractivity contribution in [3.8, 4) is 11.5 Å². The van der Waals surface area contributed by atoms with Crippen LogP contribution in [0, 0.1) is 6.92 Å². The molecule has 1 aliphatic heterocycles. The number of nitrogens with zero attached hydrogens (tertiary/aromatic N) is 1. The number of rotatable bonds is 5. The van der Waals surface area contributed by atoms with Crippen LogP contribution in [0.15, 0.2) is 47.4 Å². The third-order valence-electron chi connectivity index (χ3n) is 5.86. The van der Waals surface area contributed by atoms with E-state index in [1.165, 1.54) is 31.6 Å². The number of hydrogen-bond acceptors (Lipinski definition) is 6. The number of benzene rings is 2. The highest BCUT2D eigenvalue weighted by atomic mass is 35.5. The number of aryl methyl sites for hydroxylation is 1. The number of thiophene rings is 1. The van der Waals surface area contributed by atoms with Crippen molar-refractivity contribution in [1.82, 2.24) is 0 Å². The van der Waals surface area contributed by atoms with Crippen molar-refractivity contribution in [3.05, 3.63) is 79.0 Å². The quantitative estimate of drug-likeness (QED) is 0.202. The molecule has 1 aliphatic rings. The number of hydrogen-bond donors (Lipinski definition) is 1. The lowest BCUT2D eigenvalue weighted by Gasteiger charge is -2.25. The average Bonchev–Trinajstić information content (AvgIpc) is 3.38. The van der Waals surface area contributed by atoms with E-state index in [2.05, 4.69) is 0 Å². The molecule has 0 aliphatic carbocycles. The number of Topliss-reactive ketones (excluding diaryl/α,β-unsaturated/α-hetero) is 1. The van der Waals surface area contributed by atoms with Crippen LogP contribution in [0.1, 0.15) is 27.6 Å². The first-order valence-corrected chi connectivity index (χ1v) is 12.2. The van der Waals surface area contributed by atoms with E-state index in [4.69, 9.17) is 32.7 Å². The fraction of sp³-hybridized carbons (Fsp3) is 0.200. The number of aliphatic hydroxyl groups is 1. The molecule has 12 heteroatoms. The van der Waals surface area contributed by atoms with Crippen LogP contribution in [0.4, 0.5) is 18.9 Å². The van der Waals surface area contributed by atoms with Crippen LogP contribution in [0.5, 0.6) is 11.5 Å². The molecule has 0 radical (unpaired) electrons. The SMILES string of the molecule is COc1c(Cl)cc(/C(O)=C2\C(=O)C(=O)N(c3ccc(C(F)(F)F)cc3)C2c2sccc2C)c(OC)c1Cl. The van der Waals surface area contributed by atoms with Crippen molar-refractivity contribution in [2.75, 3.05) is 19.1 Å². The summed E-state index contributed by atoms with van der Waals surface area (Å²) in [4.78, 5) is 28.2. The Balaban J connectivity index is 1.97. The Morgan fingerprint density at radius 3 is 2.19 bits per heavy atom. The Bertz CT molecular complexity index is 1430. The van der Waals surface area contributed by atoms with Gasteiger partial charge in [-0.2, -0.15) is 13.2 Å². The van der Waals surface area contributed by atoms with Gasteiger partial charge in [-0.25, -0.2) is 0 Å². The smallest absolute Gasteiger partial charge is 0.416 e. The Morgan fingerprint density at radius 1 is 1.05 bits per heavy atom. The Morgan fingerprint density at radius 2 is 1.68 bits per heavy atom. The van der Waals surface area contributed by atoms with Gasteiger partial charge >= 0.3 is 6.18 Å². The number of anilines is 1. The molecule has 6 nitrogen and oxygen atoms in total. The summed E-state index contributed by atoms with van der Waals surface area (Å²) in [6.07, 6.45) is -4.58. The van der Waals surface area contributed by atoms with Crippen LogP contribution in [0.2, 0.25) is 10.0 Å². The summed E-state index contributed by atoms with van der Waals surface area (Å²) in [6, 6.07) is 5.75. The van der Waals surface area contributed by atoms with Crippen LogP contribution in [0.3, 0.4) is 0 Å². The standard InChI is InChI=1S/C25H18Cl2F3NO5S/c1-11-8-9-37-23(11)18-16(19(32)14-10-15(26)22(36-3)17(27)21(14)35-2)20(33)24(34)31(18)13-6-4-12(5-7-13)25(28,29)30/h4-10,18,32H,1-3H3/b19-16+. The van der Waals surface area contributed by atoms with Crippen LogP contribution >= 0.6 is 34.5 Å². The maximum absolute atomic E-state index is 13.3. The first kappa shape index (κ1) is 26.8. The number of halogens is 5. The predicted molar refractivity (Wildman–Crippen MR) is 135 cm³/mol. The molecule has 2 heterocycles. The molecule has 0 spiro atoms. The van der Waals surface area contributed by atoms with Crippen molar-refractivity contribution in [3.63, 3.8) is 0 Å². The largest absolute Gasteiger partial charge is 0.507 e. The lowest BCUT2D eigenvalue weighted by molar-refractivity contribution is -0.137. The molecule has 4 rings (SSSR count). The molecule has 1 amide bonds. The van der Waals surface area contributed by atoms with E-state index in [0.29, 0.717) is 10.4 Å². The average molecular weight is 572 g/mol. The molecule has 194 valence electrons. The van der Waals surface area contributed by atoms with Crippen molar-refractivity contribution >= 4 is 57.7 Å². The zero-order chi connectivity index (χ0) is 27.2. The summed E-state index contributed by atoms with van der Waals surface area (Å²) in [5.74, 6) is -2.66. The molecule has 3 aromatic rings. The van der Waals surface area contributed by atoms with Crippen molar-refractivity contribution in [1.29, 1.82) is 0 Å². The third kappa shape index (κ3) is 4.54. The number of methoxy groups -OCH3 is 2. The number of carbonyl (C=O) groups excluding carboxylic acids is 2. The number of ketones is 1. The van der Waals surface area contributed by atoms with Crippen LogP contribution in [0.25, 0.3) is 5.76 Å². The van der Waals surface area contributed by atoms with Gasteiger partial charge in [-0.05, 0) is 54.3 Å². The van der Waals surface area contributed by atoms with Gasteiger partial charge in [0, 0.05) is 10.6 Å². The van der Waals surface area contributed by atoms with E-state index in [9.17, 15) is 27.9 Å². The molecule has 1 saturated heterocycles. The first-order valence-electron chi connectivity index (χ1n) is 10.5. The molecule has 37 heavy (non-hydrogen) atoms. The Hall–Kier alpha value is -3.21. The minimum Gasteiger partial charge on any atom is -0.507 e. The molecule has 2 aromatic carbocycles. The summed E-state index contributed by atoms with van der Waals surface area (Å²) in [6.45, 7) is 1.75. The van der Waals surface area contributed by atoms with E-state index >= 15 is 0 Å². The first-order chi connectivity index (χ1) is 17.4. The van der Waals surface area contributed by atoms with E-state index in [1.807, 2.05) is 0 Å². The molecular formula is C25H18Cl2F3NO5S. The minimum absolute atomic E-state index is 0.00988. The van der Waals surface area contributed by atoms with Gasteiger partial charge in [0.1, 0.15) is 16.8 Å². The van der Waals surface area contributed by atoms with Gasteiger partial charge in [0.25, 0.3) is 11.7 Å². The van der Waals surface area contributed by atoms with Gasteiger partial charge in [0.2, 0.25) is 0 Å². The minimum atomic E-state index is -4.58. The summed E-state index contributed by atoms with van der Waals surface area (Å²) in [7, 11) is 2.62. The summed E-state index contributed by atoms with van der Waals surface area (Å²) in [5.41, 5.74) is -0.528. The summed E-state index contributed by atoms with van der Waals surface area (Å²) < 4.78 is 49.9. The third-order valence-corrected chi connectivity index (χ3v) is 7.56. The molecule has 1 aromatic heterocycles. The highest BCUT2D eigenvalue weighted by Gasteiger charge is 2.48. The van der Waals surface area contributed by atoms with E-state index in [0.717, 1.165) is 29.2 Å². The Labute approximate surface area is 223 Å². The van der Waals surface area contributed by atoms with Gasteiger partial charge in [-0.15, -0.1) is 11.3 Å². The highest BCUT2D eigenvalue weighted by molar-refractivity contribution is 7.10. The maximum atomic E-state index is 13.3. The van der Waals surface area contributed by atoms with Crippen LogP contribution < -0.4 is 14.4 Å². The number of carbonyl (C=O) groups is 2. The molecule has 1 unspecified atom stereocenters. The predicted octanol–water partition coefficient (Wildman–Crippen LogP) is 7.03. The van der Waals surface area contributed by atoms with E-state index in [1.54, 1.807) is 18.4 Å². The molecule has 1 atom stereocenters. The molecule has 0 saturated carbocycles. The second-order valence-corrected chi connectivity index (χ2v) is 9.70. The fourth-order valence-corrected chi connectivity index (χ4v) is 5.83. The van der Waals surface area contributed by atoms with Gasteiger partial charge < -0.3 is 14.6 Å². The summed E-state index contributed by atoms with van der Waals surface area (Å²) >= 11 is 13.8. The number of aliphatic hydroxyl groups excluding tert-OH is 1. The van der Waals surface area contributed by atoms with Gasteiger partial charge in [0.15, 0.2) is 11.5 Å². The molecule has 1 fully saturated rings. The Kier molecular flexibility index (Phi) is 7.20. The number of amides is 1. The zero-order valence-corrected chi connectivity index (χ0v) is 21.8. The lowest BCUT2D eigenvalue weighted by atomic mass is 9.97. The number of ether oxygens (including phenoxy) is 2. The summed E-state index contributed by atoms with van der Waals surface area (Å²) in [5, 5.41) is 13.1. The normalized spacial score (nSPS) is 17.4. The maximum Gasteiger partial charge on any atom is 0.416 e. The van der Waals surface area contributed by atoms with Crippen LogP contribution in [-0.2, 0) is 15.8 Å². The highest BCUT2D eigenvalue weighted by Crippen LogP contribution is 2.49. The monoisotopic (exact) mass is 571 g/mol. The zero-order valence-electron chi connectivity index (χ0n) is 19.4. The number of alkyl halides is 3.